The number of amides is 1. The first-order chi connectivity index (χ1) is 7.06. The van der Waals surface area contributed by atoms with Crippen molar-refractivity contribution in [3.05, 3.63) is 23.0 Å². The fourth-order valence-corrected chi connectivity index (χ4v) is 1.70. The molecule has 0 saturated carbocycles. The van der Waals surface area contributed by atoms with Crippen LogP contribution in [0.15, 0.2) is 6.20 Å². The number of aromatic nitrogens is 1. The molecule has 15 heavy (non-hydrogen) atoms. The van der Waals surface area contributed by atoms with Crippen molar-refractivity contribution in [2.24, 2.45) is 0 Å². The average molecular weight is 208 g/mol. The summed E-state index contributed by atoms with van der Waals surface area (Å²) in [5, 5.41) is 2.63. The maximum absolute atomic E-state index is 11.0. The van der Waals surface area contributed by atoms with Crippen LogP contribution in [0.3, 0.4) is 0 Å². The fourth-order valence-electron chi connectivity index (χ4n) is 1.70. The highest BCUT2D eigenvalue weighted by molar-refractivity contribution is 5.75. The lowest BCUT2D eigenvalue weighted by Crippen LogP contribution is -2.17. The summed E-state index contributed by atoms with van der Waals surface area (Å²) in [6, 6.07) is 0. The molecule has 1 aromatic rings. The molecule has 3 heteroatoms. The van der Waals surface area contributed by atoms with Gasteiger partial charge in [-0.15, -0.1) is 0 Å². The van der Waals surface area contributed by atoms with Gasteiger partial charge in [0.1, 0.15) is 0 Å². The molecule has 0 spiro atoms. The minimum atomic E-state index is 0.119. The van der Waals surface area contributed by atoms with Gasteiger partial charge in [0, 0.05) is 31.9 Å². The van der Waals surface area contributed by atoms with Crippen LogP contribution in [-0.4, -0.2) is 17.5 Å². The zero-order valence-electron chi connectivity index (χ0n) is 10.1. The summed E-state index contributed by atoms with van der Waals surface area (Å²) in [5.41, 5.74) is 3.99. The first-order valence-corrected chi connectivity index (χ1v) is 5.39. The second-order valence-corrected chi connectivity index (χ2v) is 3.99. The number of carbonyl (C=O) groups is 1. The zero-order chi connectivity index (χ0) is 11.4. The second kappa shape index (κ2) is 5.01. The van der Waals surface area contributed by atoms with Crippen molar-refractivity contribution in [2.45, 2.75) is 40.2 Å². The summed E-state index contributed by atoms with van der Waals surface area (Å²) in [6.45, 7) is 7.31. The molecule has 1 amide bonds. The van der Waals surface area contributed by atoms with Gasteiger partial charge in [-0.25, -0.2) is 0 Å². The van der Waals surface area contributed by atoms with E-state index in [0.717, 1.165) is 13.0 Å². The predicted octanol–water partition coefficient (Wildman–Crippen LogP) is 1.94. The SMILES string of the molecule is CNC(=O)CCCn1cc(C)c(C)c1C. The number of aryl methyl sites for hydroxylation is 2. The molecule has 0 atom stereocenters. The Hall–Kier alpha value is -1.25. The van der Waals surface area contributed by atoms with E-state index in [4.69, 9.17) is 0 Å². The minimum absolute atomic E-state index is 0.119. The Kier molecular flexibility index (Phi) is 3.95. The Balaban J connectivity index is 2.51. The molecule has 0 aliphatic rings. The Morgan fingerprint density at radius 3 is 2.53 bits per heavy atom. The molecule has 0 saturated heterocycles. The molecule has 0 aromatic carbocycles. The standard InChI is InChI=1S/C12H20N2O/c1-9-8-14(11(3)10(9)2)7-5-6-12(15)13-4/h8H,5-7H2,1-4H3,(H,13,15). The Morgan fingerprint density at radius 1 is 1.40 bits per heavy atom. The smallest absolute Gasteiger partial charge is 0.219 e. The van der Waals surface area contributed by atoms with Gasteiger partial charge in [-0.2, -0.15) is 0 Å². The largest absolute Gasteiger partial charge is 0.359 e. The lowest BCUT2D eigenvalue weighted by molar-refractivity contribution is -0.120. The minimum Gasteiger partial charge on any atom is -0.359 e. The Bertz CT molecular complexity index is 353. The summed E-state index contributed by atoms with van der Waals surface area (Å²) in [4.78, 5) is 11.0. The summed E-state index contributed by atoms with van der Waals surface area (Å²) in [5.74, 6) is 0.119. The van der Waals surface area contributed by atoms with Crippen LogP contribution < -0.4 is 5.32 Å². The third kappa shape index (κ3) is 2.85. The van der Waals surface area contributed by atoms with Gasteiger partial charge in [0.15, 0.2) is 0 Å². The van der Waals surface area contributed by atoms with Gasteiger partial charge in [-0.05, 0) is 38.3 Å². The Morgan fingerprint density at radius 2 is 2.07 bits per heavy atom. The van der Waals surface area contributed by atoms with Crippen molar-refractivity contribution in [1.82, 2.24) is 9.88 Å². The normalized spacial score (nSPS) is 10.4. The molecule has 1 heterocycles. The summed E-state index contributed by atoms with van der Waals surface area (Å²) >= 11 is 0. The topological polar surface area (TPSA) is 34.0 Å². The number of hydrogen-bond donors (Lipinski definition) is 1. The van der Waals surface area contributed by atoms with Crippen molar-refractivity contribution in [1.29, 1.82) is 0 Å². The molecule has 1 aromatic heterocycles. The molecular weight excluding hydrogens is 188 g/mol. The summed E-state index contributed by atoms with van der Waals surface area (Å²) in [6.07, 6.45) is 3.66. The van der Waals surface area contributed by atoms with Gasteiger partial charge in [0.25, 0.3) is 0 Å². The van der Waals surface area contributed by atoms with Crippen LogP contribution in [0.1, 0.15) is 29.7 Å². The van der Waals surface area contributed by atoms with Crippen LogP contribution in [0.4, 0.5) is 0 Å². The van der Waals surface area contributed by atoms with E-state index in [2.05, 4.69) is 36.9 Å². The molecule has 3 nitrogen and oxygen atoms in total. The van der Waals surface area contributed by atoms with E-state index in [1.54, 1.807) is 7.05 Å². The lowest BCUT2D eigenvalue weighted by Gasteiger charge is -2.05. The fraction of sp³-hybridized carbons (Fsp3) is 0.583. The predicted molar refractivity (Wildman–Crippen MR) is 61.9 cm³/mol. The second-order valence-electron chi connectivity index (χ2n) is 3.99. The zero-order valence-corrected chi connectivity index (χ0v) is 10.1. The number of carbonyl (C=O) groups excluding carboxylic acids is 1. The number of rotatable bonds is 4. The van der Waals surface area contributed by atoms with Gasteiger partial charge >= 0.3 is 0 Å². The molecule has 0 aliphatic heterocycles. The average Bonchev–Trinajstić information content (AvgIpc) is 2.46. The van der Waals surface area contributed by atoms with Crippen LogP contribution in [0.5, 0.6) is 0 Å². The van der Waals surface area contributed by atoms with E-state index in [1.807, 2.05) is 0 Å². The van der Waals surface area contributed by atoms with E-state index < -0.39 is 0 Å². The first-order valence-electron chi connectivity index (χ1n) is 5.39. The maximum atomic E-state index is 11.0. The van der Waals surface area contributed by atoms with Crippen molar-refractivity contribution in [3.8, 4) is 0 Å². The number of nitrogens with zero attached hydrogens (tertiary/aromatic N) is 1. The van der Waals surface area contributed by atoms with Crippen molar-refractivity contribution in [2.75, 3.05) is 7.05 Å². The molecule has 0 unspecified atom stereocenters. The quantitative estimate of drug-likeness (QED) is 0.806. The van der Waals surface area contributed by atoms with E-state index >= 15 is 0 Å². The third-order valence-corrected chi connectivity index (χ3v) is 3.00. The van der Waals surface area contributed by atoms with Crippen molar-refractivity contribution in [3.63, 3.8) is 0 Å². The van der Waals surface area contributed by atoms with Crippen LogP contribution in [-0.2, 0) is 11.3 Å². The molecule has 0 fully saturated rings. The summed E-state index contributed by atoms with van der Waals surface area (Å²) in [7, 11) is 1.68. The number of hydrogen-bond acceptors (Lipinski definition) is 1. The van der Waals surface area contributed by atoms with E-state index in [-0.39, 0.29) is 5.91 Å². The highest BCUT2D eigenvalue weighted by Crippen LogP contribution is 2.15. The molecule has 0 radical (unpaired) electrons. The van der Waals surface area contributed by atoms with Gasteiger partial charge in [0.05, 0.1) is 0 Å². The van der Waals surface area contributed by atoms with Gasteiger partial charge < -0.3 is 9.88 Å². The van der Waals surface area contributed by atoms with Crippen LogP contribution in [0.25, 0.3) is 0 Å². The van der Waals surface area contributed by atoms with Crippen LogP contribution >= 0.6 is 0 Å². The highest BCUT2D eigenvalue weighted by Gasteiger charge is 2.05. The number of nitrogens with one attached hydrogen (secondary N) is 1. The lowest BCUT2D eigenvalue weighted by atomic mass is 10.2. The van der Waals surface area contributed by atoms with Crippen molar-refractivity contribution >= 4 is 5.91 Å². The van der Waals surface area contributed by atoms with Gasteiger partial charge in [0.2, 0.25) is 5.91 Å². The molecule has 0 bridgehead atoms. The highest BCUT2D eigenvalue weighted by atomic mass is 16.1. The molecule has 1 rings (SSSR count). The van der Waals surface area contributed by atoms with E-state index in [1.165, 1.54) is 16.8 Å². The maximum Gasteiger partial charge on any atom is 0.219 e. The first kappa shape index (κ1) is 11.8. The van der Waals surface area contributed by atoms with Crippen LogP contribution in [0, 0.1) is 20.8 Å². The Labute approximate surface area is 91.5 Å². The van der Waals surface area contributed by atoms with E-state index in [0.29, 0.717) is 6.42 Å². The van der Waals surface area contributed by atoms with Crippen molar-refractivity contribution < 1.29 is 4.79 Å². The van der Waals surface area contributed by atoms with E-state index in [9.17, 15) is 4.79 Å². The molecule has 0 aliphatic carbocycles. The molecule has 84 valence electrons. The summed E-state index contributed by atoms with van der Waals surface area (Å²) < 4.78 is 2.23. The van der Waals surface area contributed by atoms with Gasteiger partial charge in [-0.3, -0.25) is 4.79 Å². The van der Waals surface area contributed by atoms with Gasteiger partial charge in [-0.1, -0.05) is 0 Å². The molecular formula is C12H20N2O. The monoisotopic (exact) mass is 208 g/mol. The molecule has 1 N–H and O–H groups in total. The van der Waals surface area contributed by atoms with Crippen LogP contribution in [0.2, 0.25) is 0 Å². The third-order valence-electron chi connectivity index (χ3n) is 3.00.